The van der Waals surface area contributed by atoms with E-state index in [1.165, 1.54) is 6.42 Å². The van der Waals surface area contributed by atoms with E-state index in [1.54, 1.807) is 0 Å². The van der Waals surface area contributed by atoms with Crippen LogP contribution in [0.15, 0.2) is 0 Å². The Balaban J connectivity index is 1.90. The summed E-state index contributed by atoms with van der Waals surface area (Å²) in [6.45, 7) is 0.0852. The standard InChI is InChI=1S/C13H21NO3/c15-3-1-2-13(14(16)17)11-5-9-4-10(7-11)8-12(13)6-9/h9-12,15H,1-8H2. The Morgan fingerprint density at radius 2 is 1.65 bits per heavy atom. The van der Waals surface area contributed by atoms with E-state index in [0.29, 0.717) is 24.7 Å². The molecule has 4 bridgehead atoms. The molecule has 0 radical (unpaired) electrons. The summed E-state index contributed by atoms with van der Waals surface area (Å²) in [4.78, 5) is 11.7. The number of nitro groups is 1. The molecular formula is C13H21NO3. The van der Waals surface area contributed by atoms with Gasteiger partial charge in [0.15, 0.2) is 0 Å². The fourth-order valence-corrected chi connectivity index (χ4v) is 5.16. The molecule has 0 aromatic rings. The van der Waals surface area contributed by atoms with E-state index in [1.807, 2.05) is 0 Å². The number of hydrogen-bond donors (Lipinski definition) is 1. The van der Waals surface area contributed by atoms with Crippen LogP contribution in [0.2, 0.25) is 0 Å². The molecule has 0 atom stereocenters. The van der Waals surface area contributed by atoms with Crippen LogP contribution in [0.1, 0.15) is 44.9 Å². The summed E-state index contributed by atoms with van der Waals surface area (Å²) in [5.41, 5.74) is -0.684. The Bertz CT molecular complexity index is 301. The molecule has 4 fully saturated rings. The van der Waals surface area contributed by atoms with Gasteiger partial charge in [-0.3, -0.25) is 10.1 Å². The lowest BCUT2D eigenvalue weighted by Gasteiger charge is -2.56. The van der Waals surface area contributed by atoms with Crippen LogP contribution >= 0.6 is 0 Å². The molecule has 0 heterocycles. The van der Waals surface area contributed by atoms with Gasteiger partial charge in [-0.25, -0.2) is 0 Å². The molecule has 17 heavy (non-hydrogen) atoms. The predicted molar refractivity (Wildman–Crippen MR) is 63.1 cm³/mol. The zero-order valence-electron chi connectivity index (χ0n) is 10.2. The second-order valence-corrected chi connectivity index (χ2v) is 6.38. The van der Waals surface area contributed by atoms with Crippen LogP contribution in [0.25, 0.3) is 0 Å². The monoisotopic (exact) mass is 239 g/mol. The van der Waals surface area contributed by atoms with Crippen LogP contribution in [0.3, 0.4) is 0 Å². The van der Waals surface area contributed by atoms with Gasteiger partial charge in [0, 0.05) is 29.8 Å². The predicted octanol–water partition coefficient (Wildman–Crippen LogP) is 2.23. The molecule has 4 nitrogen and oxygen atoms in total. The van der Waals surface area contributed by atoms with Gasteiger partial charge in [0.2, 0.25) is 5.54 Å². The maximum atomic E-state index is 11.6. The van der Waals surface area contributed by atoms with Gasteiger partial charge in [0.25, 0.3) is 0 Å². The quantitative estimate of drug-likeness (QED) is 0.604. The van der Waals surface area contributed by atoms with Crippen molar-refractivity contribution in [2.24, 2.45) is 23.7 Å². The highest BCUT2D eigenvalue weighted by Gasteiger charge is 2.64. The minimum Gasteiger partial charge on any atom is -0.396 e. The first kappa shape index (κ1) is 11.5. The van der Waals surface area contributed by atoms with Gasteiger partial charge in [-0.05, 0) is 50.4 Å². The molecule has 0 aliphatic heterocycles. The highest BCUT2D eigenvalue weighted by molar-refractivity contribution is 5.07. The summed E-state index contributed by atoms with van der Waals surface area (Å²) in [5, 5.41) is 20.6. The van der Waals surface area contributed by atoms with Crippen LogP contribution in [0.4, 0.5) is 0 Å². The van der Waals surface area contributed by atoms with Crippen molar-refractivity contribution in [3.63, 3.8) is 0 Å². The normalized spacial score (nSPS) is 47.4. The number of aliphatic hydroxyl groups is 1. The van der Waals surface area contributed by atoms with Gasteiger partial charge in [-0.15, -0.1) is 0 Å². The van der Waals surface area contributed by atoms with Gasteiger partial charge in [-0.1, -0.05) is 0 Å². The average molecular weight is 239 g/mol. The largest absolute Gasteiger partial charge is 0.396 e. The molecule has 0 aromatic carbocycles. The Morgan fingerprint density at radius 1 is 1.12 bits per heavy atom. The van der Waals surface area contributed by atoms with Crippen molar-refractivity contribution in [3.8, 4) is 0 Å². The van der Waals surface area contributed by atoms with E-state index in [9.17, 15) is 10.1 Å². The molecule has 4 saturated carbocycles. The van der Waals surface area contributed by atoms with Crippen LogP contribution in [-0.2, 0) is 0 Å². The van der Waals surface area contributed by atoms with Crippen LogP contribution < -0.4 is 0 Å². The van der Waals surface area contributed by atoms with E-state index in [4.69, 9.17) is 5.11 Å². The molecule has 0 aromatic heterocycles. The van der Waals surface area contributed by atoms with Crippen molar-refractivity contribution in [2.75, 3.05) is 6.61 Å². The number of hydrogen-bond acceptors (Lipinski definition) is 3. The molecule has 4 rings (SSSR count). The van der Waals surface area contributed by atoms with E-state index >= 15 is 0 Å². The van der Waals surface area contributed by atoms with Gasteiger partial charge in [-0.2, -0.15) is 0 Å². The molecule has 4 aliphatic rings. The Morgan fingerprint density at radius 3 is 2.06 bits per heavy atom. The van der Waals surface area contributed by atoms with Crippen molar-refractivity contribution in [3.05, 3.63) is 10.1 Å². The molecule has 4 heteroatoms. The first-order valence-electron chi connectivity index (χ1n) is 6.92. The van der Waals surface area contributed by atoms with Crippen molar-refractivity contribution < 1.29 is 10.0 Å². The van der Waals surface area contributed by atoms with Crippen LogP contribution in [-0.4, -0.2) is 22.2 Å². The highest BCUT2D eigenvalue weighted by Crippen LogP contribution is 2.60. The van der Waals surface area contributed by atoms with Gasteiger partial charge in [0.1, 0.15) is 0 Å². The second kappa shape index (κ2) is 3.94. The smallest absolute Gasteiger partial charge is 0.227 e. The van der Waals surface area contributed by atoms with Crippen molar-refractivity contribution in [1.82, 2.24) is 0 Å². The van der Waals surface area contributed by atoms with E-state index in [2.05, 4.69) is 0 Å². The average Bonchev–Trinajstić information content (AvgIpc) is 2.27. The number of rotatable bonds is 4. The summed E-state index contributed by atoms with van der Waals surface area (Å²) in [6.07, 6.45) is 6.77. The fourth-order valence-electron chi connectivity index (χ4n) is 5.16. The third kappa shape index (κ3) is 1.53. The van der Waals surface area contributed by atoms with E-state index in [-0.39, 0.29) is 11.5 Å². The lowest BCUT2D eigenvalue weighted by atomic mass is 9.48. The minimum atomic E-state index is -0.684. The molecule has 1 N–H and O–H groups in total. The Labute approximate surface area is 102 Å². The van der Waals surface area contributed by atoms with Gasteiger partial charge < -0.3 is 5.11 Å². The van der Waals surface area contributed by atoms with E-state index < -0.39 is 5.54 Å². The molecule has 0 saturated heterocycles. The SMILES string of the molecule is O=[N+]([O-])C1(CCCO)C2CC3CC(C2)CC1C3. The maximum absolute atomic E-state index is 11.6. The van der Waals surface area contributed by atoms with Crippen molar-refractivity contribution >= 4 is 0 Å². The first-order valence-corrected chi connectivity index (χ1v) is 6.92. The first-order chi connectivity index (χ1) is 8.16. The van der Waals surface area contributed by atoms with Gasteiger partial charge >= 0.3 is 0 Å². The molecular weight excluding hydrogens is 218 g/mol. The summed E-state index contributed by atoms with van der Waals surface area (Å²) < 4.78 is 0. The minimum absolute atomic E-state index is 0.0236. The second-order valence-electron chi connectivity index (χ2n) is 6.38. The zero-order valence-corrected chi connectivity index (χ0v) is 10.2. The lowest BCUT2D eigenvalue weighted by Crippen LogP contribution is -2.61. The summed E-state index contributed by atoms with van der Waals surface area (Å²) in [6, 6.07) is 0. The molecule has 0 amide bonds. The molecule has 0 unspecified atom stereocenters. The lowest BCUT2D eigenvalue weighted by molar-refractivity contribution is -0.605. The van der Waals surface area contributed by atoms with Gasteiger partial charge in [0.05, 0.1) is 0 Å². The molecule has 96 valence electrons. The van der Waals surface area contributed by atoms with E-state index in [0.717, 1.165) is 37.5 Å². The topological polar surface area (TPSA) is 63.4 Å². The number of aliphatic hydroxyl groups excluding tert-OH is 1. The summed E-state index contributed by atoms with van der Waals surface area (Å²) >= 11 is 0. The molecule has 0 spiro atoms. The summed E-state index contributed by atoms with van der Waals surface area (Å²) in [7, 11) is 0. The third-order valence-corrected chi connectivity index (χ3v) is 5.63. The third-order valence-electron chi connectivity index (χ3n) is 5.63. The van der Waals surface area contributed by atoms with Crippen LogP contribution in [0.5, 0.6) is 0 Å². The number of nitrogens with zero attached hydrogens (tertiary/aromatic N) is 1. The van der Waals surface area contributed by atoms with Crippen LogP contribution in [0, 0.1) is 33.8 Å². The highest BCUT2D eigenvalue weighted by atomic mass is 16.6. The summed E-state index contributed by atoms with van der Waals surface area (Å²) in [5.74, 6) is 2.11. The zero-order chi connectivity index (χ0) is 12.0. The molecule has 4 aliphatic carbocycles. The fraction of sp³-hybridized carbons (Fsp3) is 1.00. The maximum Gasteiger partial charge on any atom is 0.227 e. The van der Waals surface area contributed by atoms with Crippen molar-refractivity contribution in [1.29, 1.82) is 0 Å². The van der Waals surface area contributed by atoms with Crippen molar-refractivity contribution in [2.45, 2.75) is 50.5 Å². The Kier molecular flexibility index (Phi) is 2.65. The Hall–Kier alpha value is -0.640.